The molecule has 0 heterocycles. The van der Waals surface area contributed by atoms with Gasteiger partial charge in [0.05, 0.1) is 0 Å². The summed E-state index contributed by atoms with van der Waals surface area (Å²) in [5.74, 6) is 0. The second-order valence-electron chi connectivity index (χ2n) is 7.72. The minimum atomic E-state index is -1.39. The molecule has 0 saturated heterocycles. The second-order valence-corrected chi connectivity index (χ2v) is 23.2. The van der Waals surface area contributed by atoms with Gasteiger partial charge in [0.2, 0.25) is 8.32 Å². The molecule has 0 fully saturated rings. The maximum Gasteiger partial charge on any atom is 0.209 e. The molecule has 0 atom stereocenters. The van der Waals surface area contributed by atoms with Gasteiger partial charge in [-0.15, -0.1) is 6.58 Å². The largest absolute Gasteiger partial charge is 0.424 e. The average Bonchev–Trinajstić information content (AvgIpc) is 2.54. The van der Waals surface area contributed by atoms with Crippen LogP contribution in [0.3, 0.4) is 0 Å². The molecule has 0 bridgehead atoms. The van der Waals surface area contributed by atoms with Crippen molar-refractivity contribution in [3.8, 4) is 0 Å². The van der Waals surface area contributed by atoms with Crippen molar-refractivity contribution in [3.05, 3.63) is 12.3 Å². The Balaban J connectivity index is -0.000000145. The number of hydrogen-bond acceptors (Lipinski definition) is 4. The molecular formula is C16H44O4PtSi4. The van der Waals surface area contributed by atoms with Gasteiger partial charge in [-0.05, 0) is 64.5 Å². The first-order valence-corrected chi connectivity index (χ1v) is 20.5. The minimum absolute atomic E-state index is 0. The SMILES string of the molecule is C=C[Si](C)(C)OC.CO[SiH](C)C.CO[Si](C)(C)CC[Si](C)(C)OC.[Pt]. The predicted octanol–water partition coefficient (Wildman–Crippen LogP) is 4.87. The predicted molar refractivity (Wildman–Crippen MR) is 119 cm³/mol. The molecule has 25 heavy (non-hydrogen) atoms. The van der Waals surface area contributed by atoms with Crippen molar-refractivity contribution in [1.82, 2.24) is 0 Å². The van der Waals surface area contributed by atoms with Gasteiger partial charge < -0.3 is 17.7 Å². The van der Waals surface area contributed by atoms with E-state index in [-0.39, 0.29) is 21.1 Å². The van der Waals surface area contributed by atoms with Crippen molar-refractivity contribution in [2.45, 2.75) is 64.5 Å². The van der Waals surface area contributed by atoms with Crippen molar-refractivity contribution in [2.75, 3.05) is 28.4 Å². The maximum absolute atomic E-state index is 5.48. The molecule has 0 aliphatic heterocycles. The van der Waals surface area contributed by atoms with Gasteiger partial charge in [-0.3, -0.25) is 0 Å². The van der Waals surface area contributed by atoms with Crippen LogP contribution in [0.5, 0.6) is 0 Å². The van der Waals surface area contributed by atoms with Crippen LogP contribution in [0.4, 0.5) is 0 Å². The summed E-state index contributed by atoms with van der Waals surface area (Å²) in [6.07, 6.45) is 0. The van der Waals surface area contributed by atoms with E-state index in [4.69, 9.17) is 17.7 Å². The molecule has 0 radical (unpaired) electrons. The van der Waals surface area contributed by atoms with Crippen LogP contribution >= 0.6 is 0 Å². The molecule has 158 valence electrons. The van der Waals surface area contributed by atoms with Crippen molar-refractivity contribution in [2.24, 2.45) is 0 Å². The molecule has 0 spiro atoms. The van der Waals surface area contributed by atoms with Crippen LogP contribution in [0.25, 0.3) is 0 Å². The minimum Gasteiger partial charge on any atom is -0.424 e. The van der Waals surface area contributed by atoms with E-state index in [1.165, 1.54) is 12.1 Å². The van der Waals surface area contributed by atoms with Crippen LogP contribution in [-0.4, -0.2) is 62.4 Å². The van der Waals surface area contributed by atoms with E-state index in [1.54, 1.807) is 14.2 Å². The molecule has 0 unspecified atom stereocenters. The van der Waals surface area contributed by atoms with Gasteiger partial charge >= 0.3 is 0 Å². The van der Waals surface area contributed by atoms with Crippen molar-refractivity contribution in [3.63, 3.8) is 0 Å². The van der Waals surface area contributed by atoms with Crippen LogP contribution in [0, 0.1) is 0 Å². The van der Waals surface area contributed by atoms with Gasteiger partial charge in [-0.25, -0.2) is 0 Å². The molecule has 0 aromatic rings. The molecule has 9 heteroatoms. The van der Waals surface area contributed by atoms with Crippen LogP contribution in [0.2, 0.25) is 64.5 Å². The Labute approximate surface area is 177 Å². The first-order chi connectivity index (χ1) is 10.7. The fourth-order valence-electron chi connectivity index (χ4n) is 0.890. The van der Waals surface area contributed by atoms with E-state index in [2.05, 4.69) is 59.0 Å². The molecule has 0 aliphatic rings. The van der Waals surface area contributed by atoms with E-state index in [0.29, 0.717) is 0 Å². The quantitative estimate of drug-likeness (QED) is 0.369. The maximum atomic E-state index is 5.48. The molecule has 4 nitrogen and oxygen atoms in total. The Morgan fingerprint density at radius 1 is 0.760 bits per heavy atom. The Bertz CT molecular complexity index is 299. The third kappa shape index (κ3) is 27.5. The smallest absolute Gasteiger partial charge is 0.209 e. The van der Waals surface area contributed by atoms with Crippen molar-refractivity contribution in [1.29, 1.82) is 0 Å². The molecule has 0 aromatic carbocycles. The topological polar surface area (TPSA) is 36.9 Å². The molecule has 0 rings (SSSR count). The summed E-state index contributed by atoms with van der Waals surface area (Å²) in [5.41, 5.74) is 1.91. The number of rotatable bonds is 8. The summed E-state index contributed by atoms with van der Waals surface area (Å²) >= 11 is 0. The summed E-state index contributed by atoms with van der Waals surface area (Å²) in [7, 11) is 2.41. The summed E-state index contributed by atoms with van der Waals surface area (Å²) in [4.78, 5) is 0. The van der Waals surface area contributed by atoms with E-state index in [9.17, 15) is 0 Å². The third-order valence-corrected chi connectivity index (χ3v) is 12.5. The first-order valence-electron chi connectivity index (χ1n) is 8.54. The Morgan fingerprint density at radius 2 is 1.04 bits per heavy atom. The molecular weight excluding hydrogens is 564 g/mol. The van der Waals surface area contributed by atoms with Gasteiger partial charge in [-0.1, -0.05) is 5.70 Å². The zero-order valence-electron chi connectivity index (χ0n) is 18.7. The fraction of sp³-hybridized carbons (Fsp3) is 0.875. The second kappa shape index (κ2) is 17.2. The van der Waals surface area contributed by atoms with E-state index in [0.717, 1.165) is 0 Å². The van der Waals surface area contributed by atoms with Crippen LogP contribution in [0.15, 0.2) is 12.3 Å². The Kier molecular flexibility index (Phi) is 23.3. The summed E-state index contributed by atoms with van der Waals surface area (Å²) < 4.78 is 21.0. The third-order valence-electron chi connectivity index (χ3n) is 3.92. The van der Waals surface area contributed by atoms with Crippen LogP contribution < -0.4 is 0 Å². The zero-order chi connectivity index (χ0) is 20.0. The van der Waals surface area contributed by atoms with Crippen LogP contribution in [-0.2, 0) is 38.8 Å². The summed E-state index contributed by atoms with van der Waals surface area (Å²) in [6.45, 7) is 21.1. The molecule has 0 saturated carbocycles. The Morgan fingerprint density at radius 3 is 1.12 bits per heavy atom. The Hall–Kier alpha value is 1.14. The van der Waals surface area contributed by atoms with E-state index >= 15 is 0 Å². The molecule has 0 N–H and O–H groups in total. The monoisotopic (exact) mass is 607 g/mol. The van der Waals surface area contributed by atoms with Gasteiger partial charge in [-0.2, -0.15) is 0 Å². The molecule has 0 aliphatic carbocycles. The fourth-order valence-corrected chi connectivity index (χ4v) is 6.28. The zero-order valence-corrected chi connectivity index (χ0v) is 25.2. The normalized spacial score (nSPS) is 11.6. The van der Waals surface area contributed by atoms with E-state index < -0.39 is 34.0 Å². The molecule has 0 aromatic heterocycles. The average molecular weight is 608 g/mol. The van der Waals surface area contributed by atoms with Gasteiger partial charge in [0.1, 0.15) is 0 Å². The van der Waals surface area contributed by atoms with Gasteiger partial charge in [0.25, 0.3) is 0 Å². The number of hydrogen-bond donors (Lipinski definition) is 0. The van der Waals surface area contributed by atoms with Gasteiger partial charge in [0.15, 0.2) is 25.7 Å². The first kappa shape index (κ1) is 33.7. The summed E-state index contributed by atoms with van der Waals surface area (Å²) in [6, 6.07) is 2.44. The van der Waals surface area contributed by atoms with E-state index in [1.807, 2.05) is 19.9 Å². The van der Waals surface area contributed by atoms with Crippen LogP contribution in [0.1, 0.15) is 0 Å². The molecule has 0 amide bonds. The van der Waals surface area contributed by atoms with Crippen molar-refractivity contribution >= 4 is 34.0 Å². The summed E-state index contributed by atoms with van der Waals surface area (Å²) in [5, 5.41) is 0. The van der Waals surface area contributed by atoms with Gasteiger partial charge in [0, 0.05) is 49.5 Å². The standard InChI is InChI=1S/C8H22O2Si2.C5H12OSi.C3H10OSi.Pt/c1-9-11(3,4)7-8-12(5,6)10-2;1-5-7(3,4)6-2;1-4-5(2)3;/h7-8H2,1-6H3;5H,1H2,2-4H3;5H,1-3H3;. The van der Waals surface area contributed by atoms with Crippen molar-refractivity contribution < 1.29 is 38.8 Å².